The van der Waals surface area contributed by atoms with Crippen LogP contribution >= 0.6 is 21.6 Å². The van der Waals surface area contributed by atoms with E-state index in [1.807, 2.05) is 6.92 Å². The molecule has 12 heteroatoms. The first-order valence-electron chi connectivity index (χ1n) is 9.82. The second-order valence-electron chi connectivity index (χ2n) is 6.40. The molecule has 0 aromatic rings. The van der Waals surface area contributed by atoms with Gasteiger partial charge in [0.15, 0.2) is 5.78 Å². The zero-order valence-corrected chi connectivity index (χ0v) is 21.4. The lowest BCUT2D eigenvalue weighted by Gasteiger charge is -2.18. The van der Waals surface area contributed by atoms with Crippen LogP contribution in [0, 0.1) is 0 Å². The summed E-state index contributed by atoms with van der Waals surface area (Å²) in [6.45, 7) is 3.79. The minimum absolute atomic E-state index is 0. The van der Waals surface area contributed by atoms with Crippen molar-refractivity contribution in [3.8, 4) is 0 Å². The molecule has 2 unspecified atom stereocenters. The maximum absolute atomic E-state index is 12.5. The van der Waals surface area contributed by atoms with Crippen molar-refractivity contribution in [2.75, 3.05) is 25.2 Å². The van der Waals surface area contributed by atoms with E-state index in [-0.39, 0.29) is 66.6 Å². The second kappa shape index (κ2) is 19.6. The quantitative estimate of drug-likeness (QED) is 0.125. The highest BCUT2D eigenvalue weighted by Crippen LogP contribution is 2.23. The number of rotatable bonds is 17. The third-order valence-corrected chi connectivity index (χ3v) is 6.20. The number of nitrogens with one attached hydrogen (secondary N) is 1. The van der Waals surface area contributed by atoms with Gasteiger partial charge < -0.3 is 37.5 Å². The number of amides is 1. The number of ketones is 2. The molecule has 31 heavy (non-hydrogen) atoms. The Morgan fingerprint density at radius 1 is 1.00 bits per heavy atom. The van der Waals surface area contributed by atoms with E-state index in [0.29, 0.717) is 12.2 Å². The molecule has 0 heterocycles. The highest BCUT2D eigenvalue weighted by atomic mass is 79.9. The van der Waals surface area contributed by atoms with Crippen LogP contribution < -0.4 is 28.0 Å². The van der Waals surface area contributed by atoms with Gasteiger partial charge in [-0.3, -0.25) is 24.0 Å². The van der Waals surface area contributed by atoms with Gasteiger partial charge in [0.2, 0.25) is 5.91 Å². The Kier molecular flexibility index (Phi) is 20.2. The van der Waals surface area contributed by atoms with Crippen molar-refractivity contribution in [2.45, 2.75) is 64.5 Å². The summed E-state index contributed by atoms with van der Waals surface area (Å²) in [5, 5.41) is 2.63. The number of nitrogens with two attached hydrogens (primary N) is 1. The maximum atomic E-state index is 12.5. The normalized spacial score (nSPS) is 12.1. The summed E-state index contributed by atoms with van der Waals surface area (Å²) in [5.41, 5.74) is 5.68. The van der Waals surface area contributed by atoms with E-state index in [2.05, 4.69) is 10.1 Å². The van der Waals surface area contributed by atoms with Crippen LogP contribution in [0.3, 0.4) is 0 Å². The van der Waals surface area contributed by atoms with Crippen molar-refractivity contribution >= 4 is 51.0 Å². The molecule has 0 saturated carbocycles. The van der Waals surface area contributed by atoms with Crippen LogP contribution in [0.15, 0.2) is 0 Å². The zero-order valence-electron chi connectivity index (χ0n) is 18.1. The summed E-state index contributed by atoms with van der Waals surface area (Å²) in [7, 11) is 3.86. The molecule has 0 aromatic heterocycles. The third-order valence-electron chi connectivity index (χ3n) is 3.87. The minimum Gasteiger partial charge on any atom is -1.00 e. The molecule has 2 atom stereocenters. The summed E-state index contributed by atoms with van der Waals surface area (Å²) >= 11 is 0. The first-order valence-corrected chi connectivity index (χ1v) is 12.3. The number of methoxy groups -OCH3 is 1. The summed E-state index contributed by atoms with van der Waals surface area (Å²) in [5.74, 6) is -1.14. The SMILES string of the molecule is CCCC(=O)CSSCC(NC(=O)CCC(N)C(=O)OCC)C(=O)CCC(=O)OC.[Br-]. The van der Waals surface area contributed by atoms with E-state index < -0.39 is 29.9 Å². The predicted octanol–water partition coefficient (Wildman–Crippen LogP) is -1.58. The van der Waals surface area contributed by atoms with Gasteiger partial charge in [-0.15, -0.1) is 0 Å². The topological polar surface area (TPSA) is 142 Å². The van der Waals surface area contributed by atoms with Gasteiger partial charge in [0.1, 0.15) is 11.8 Å². The van der Waals surface area contributed by atoms with Crippen molar-refractivity contribution in [3.63, 3.8) is 0 Å². The first kappa shape index (κ1) is 32.1. The van der Waals surface area contributed by atoms with Crippen molar-refractivity contribution in [1.82, 2.24) is 5.32 Å². The predicted molar refractivity (Wildman–Crippen MR) is 117 cm³/mol. The van der Waals surface area contributed by atoms with Crippen LogP contribution in [-0.4, -0.2) is 66.7 Å². The molecule has 0 rings (SSSR count). The maximum Gasteiger partial charge on any atom is 0.322 e. The molecule has 0 spiro atoms. The summed E-state index contributed by atoms with van der Waals surface area (Å²) in [6.07, 6.45) is 1.17. The zero-order chi connectivity index (χ0) is 22.9. The average molecular weight is 545 g/mol. The number of carbonyl (C=O) groups excluding carboxylic acids is 5. The van der Waals surface area contributed by atoms with Crippen LogP contribution in [0.5, 0.6) is 0 Å². The standard InChI is InChI=1S/C19H32N2O7S2.BrH/c1-4-6-13(22)11-29-30-12-15(16(23)8-10-18(25)27-3)21-17(24)9-7-14(20)19(26)28-5-2;/h14-15H,4-12,20H2,1-3H3,(H,21,24);1H/p-1. The van der Waals surface area contributed by atoms with E-state index in [1.165, 1.54) is 28.7 Å². The lowest BCUT2D eigenvalue weighted by molar-refractivity contribution is -0.145. The van der Waals surface area contributed by atoms with E-state index in [1.54, 1.807) is 6.92 Å². The number of esters is 2. The Morgan fingerprint density at radius 3 is 2.26 bits per heavy atom. The molecule has 3 N–H and O–H groups in total. The van der Waals surface area contributed by atoms with Gasteiger partial charge in [-0.05, 0) is 19.8 Å². The lowest BCUT2D eigenvalue weighted by Crippen LogP contribution is -3.00. The number of Topliss-reactive ketones (excluding diaryl/α,β-unsaturated/α-hetero) is 2. The molecule has 1 amide bonds. The second-order valence-corrected chi connectivity index (χ2v) is 8.90. The fourth-order valence-electron chi connectivity index (χ4n) is 2.21. The van der Waals surface area contributed by atoms with Crippen LogP contribution in [0.4, 0.5) is 0 Å². The number of hydrogen-bond acceptors (Lipinski definition) is 10. The van der Waals surface area contributed by atoms with Crippen LogP contribution in [0.2, 0.25) is 0 Å². The van der Waals surface area contributed by atoms with E-state index >= 15 is 0 Å². The Hall–Kier alpha value is -1.11. The highest BCUT2D eigenvalue weighted by Gasteiger charge is 2.23. The first-order chi connectivity index (χ1) is 14.2. The van der Waals surface area contributed by atoms with Gasteiger partial charge in [-0.25, -0.2) is 0 Å². The molecule has 0 bridgehead atoms. The van der Waals surface area contributed by atoms with Gasteiger partial charge >= 0.3 is 11.9 Å². The Balaban J connectivity index is 0. The van der Waals surface area contributed by atoms with Gasteiger partial charge in [0, 0.05) is 25.0 Å². The Labute approximate surface area is 201 Å². The van der Waals surface area contributed by atoms with Crippen LogP contribution in [-0.2, 0) is 33.4 Å². The van der Waals surface area contributed by atoms with E-state index in [4.69, 9.17) is 10.5 Å². The monoisotopic (exact) mass is 543 g/mol. The largest absolute Gasteiger partial charge is 1.00 e. The molecular weight excluding hydrogens is 512 g/mol. The third kappa shape index (κ3) is 16.2. The van der Waals surface area contributed by atoms with E-state index in [0.717, 1.165) is 6.42 Å². The molecule has 0 aromatic carbocycles. The van der Waals surface area contributed by atoms with Crippen molar-refractivity contribution in [1.29, 1.82) is 0 Å². The molecule has 9 nitrogen and oxygen atoms in total. The van der Waals surface area contributed by atoms with Gasteiger partial charge in [-0.2, -0.15) is 0 Å². The van der Waals surface area contributed by atoms with Gasteiger partial charge in [0.05, 0.1) is 31.9 Å². The van der Waals surface area contributed by atoms with E-state index in [9.17, 15) is 24.0 Å². The van der Waals surface area contributed by atoms with Gasteiger partial charge in [-0.1, -0.05) is 28.5 Å². The average Bonchev–Trinajstić information content (AvgIpc) is 2.72. The highest BCUT2D eigenvalue weighted by molar-refractivity contribution is 8.76. The fourth-order valence-corrected chi connectivity index (χ4v) is 4.41. The smallest absolute Gasteiger partial charge is 0.322 e. The number of hydrogen-bond donors (Lipinski definition) is 2. The van der Waals surface area contributed by atoms with Crippen molar-refractivity contribution < 1.29 is 50.4 Å². The minimum atomic E-state index is -0.918. The molecule has 0 aliphatic rings. The molecular formula is C19H32BrN2O7S2-. The lowest BCUT2D eigenvalue weighted by atomic mass is 10.1. The van der Waals surface area contributed by atoms with Crippen LogP contribution in [0.1, 0.15) is 52.4 Å². The molecule has 0 radical (unpaired) electrons. The number of carbonyl (C=O) groups is 5. The molecule has 180 valence electrons. The molecule has 0 fully saturated rings. The summed E-state index contributed by atoms with van der Waals surface area (Å²) in [4.78, 5) is 59.1. The Morgan fingerprint density at radius 2 is 1.68 bits per heavy atom. The molecule has 0 aliphatic heterocycles. The van der Waals surface area contributed by atoms with Crippen molar-refractivity contribution in [2.24, 2.45) is 5.73 Å². The molecule has 0 saturated heterocycles. The fraction of sp³-hybridized carbons (Fsp3) is 0.737. The summed E-state index contributed by atoms with van der Waals surface area (Å²) in [6, 6.07) is -1.74. The summed E-state index contributed by atoms with van der Waals surface area (Å²) < 4.78 is 9.33. The van der Waals surface area contributed by atoms with Gasteiger partial charge in [0.25, 0.3) is 0 Å². The number of halogens is 1. The Bertz CT molecular complexity index is 594. The number of ether oxygens (including phenoxy) is 2. The van der Waals surface area contributed by atoms with Crippen molar-refractivity contribution in [3.05, 3.63) is 0 Å². The molecule has 0 aliphatic carbocycles. The van der Waals surface area contributed by atoms with Crippen LogP contribution in [0.25, 0.3) is 0 Å².